The zero-order valence-corrected chi connectivity index (χ0v) is 34.0. The Bertz CT molecular complexity index is 2830. The van der Waals surface area contributed by atoms with E-state index >= 15 is 0 Å². The molecule has 61 heavy (non-hydrogen) atoms. The summed E-state index contributed by atoms with van der Waals surface area (Å²) >= 11 is 5.95. The molecular formula is C45H37ClF3N11O. The molecule has 0 saturated carbocycles. The third kappa shape index (κ3) is 10.0. The van der Waals surface area contributed by atoms with Crippen LogP contribution in [0, 0.1) is 25.2 Å². The number of methoxy groups -OCH3 is 1. The molecule has 0 unspecified atom stereocenters. The predicted molar refractivity (Wildman–Crippen MR) is 229 cm³/mol. The summed E-state index contributed by atoms with van der Waals surface area (Å²) in [6, 6.07) is 27.6. The Morgan fingerprint density at radius 3 is 1.93 bits per heavy atom. The highest BCUT2D eigenvalue weighted by atomic mass is 35.5. The number of alkyl halides is 3. The van der Waals surface area contributed by atoms with Gasteiger partial charge in [-0.05, 0) is 86.5 Å². The minimum Gasteiger partial charge on any atom is -0.494 e. The molecule has 0 atom stereocenters. The summed E-state index contributed by atoms with van der Waals surface area (Å²) in [5.41, 5.74) is 8.37. The van der Waals surface area contributed by atoms with E-state index in [1.54, 1.807) is 38.2 Å². The zero-order chi connectivity index (χ0) is 43.1. The lowest BCUT2D eigenvalue weighted by molar-refractivity contribution is -0.137. The number of nitrogens with zero attached hydrogens (tertiary/aromatic N) is 9. The van der Waals surface area contributed by atoms with E-state index in [9.17, 15) is 18.4 Å². The summed E-state index contributed by atoms with van der Waals surface area (Å²) in [6.45, 7) is 5.76. The standard InChI is InChI=1S/C24H22F3N5O.C21H15ClN6/c1-4-16-12-28-23(31-22(16)17-5-7-18(8-6-17)24(25,26)27)30-19-9-10-20(21(11-19)33-3)32-13-15(2)29-14-32;1-14-12-28(13-25-14)20-7-6-18(10-16(20)11-23)26-21-24-9-8-19(27-21)15-2-4-17(22)5-3-15/h5-14H,4H2,1-3H3,(H,28,30,31);2-10,12-13H,1H3,(H,24,26,27). The van der Waals surface area contributed by atoms with E-state index in [4.69, 9.17) is 16.3 Å². The highest BCUT2D eigenvalue weighted by Crippen LogP contribution is 2.33. The van der Waals surface area contributed by atoms with E-state index in [0.29, 0.717) is 51.6 Å². The lowest BCUT2D eigenvalue weighted by atomic mass is 10.0. The van der Waals surface area contributed by atoms with Crippen LogP contribution in [0.5, 0.6) is 5.75 Å². The fourth-order valence-corrected chi connectivity index (χ4v) is 6.38. The van der Waals surface area contributed by atoms with Crippen molar-refractivity contribution in [1.29, 1.82) is 5.26 Å². The number of rotatable bonds is 10. The first-order valence-corrected chi connectivity index (χ1v) is 19.2. The van der Waals surface area contributed by atoms with Crippen molar-refractivity contribution >= 4 is 34.9 Å². The number of aromatic nitrogens is 8. The number of hydrogen-bond donors (Lipinski definition) is 2. The minimum atomic E-state index is -4.38. The van der Waals surface area contributed by atoms with E-state index in [1.807, 2.05) is 103 Å². The van der Waals surface area contributed by atoms with Crippen LogP contribution in [0.2, 0.25) is 5.02 Å². The van der Waals surface area contributed by atoms with Crippen LogP contribution >= 0.6 is 11.6 Å². The SMILES string of the molecule is CCc1cnc(Nc2ccc(-n3cnc(C)c3)c(OC)c2)nc1-c1ccc(C(F)(F)F)cc1.Cc1cn(-c2ccc(Nc3nccc(-c4ccc(Cl)cc4)n3)cc2C#N)cn1. The molecule has 0 aliphatic rings. The second-order valence-corrected chi connectivity index (χ2v) is 14.0. The first kappa shape index (κ1) is 41.6. The molecule has 306 valence electrons. The number of ether oxygens (including phenoxy) is 1. The van der Waals surface area contributed by atoms with Gasteiger partial charge in [0.25, 0.3) is 0 Å². The van der Waals surface area contributed by atoms with E-state index in [0.717, 1.165) is 57.4 Å². The van der Waals surface area contributed by atoms with Crippen molar-refractivity contribution in [3.05, 3.63) is 162 Å². The average Bonchev–Trinajstić information content (AvgIpc) is 3.91. The normalized spacial score (nSPS) is 11.0. The maximum Gasteiger partial charge on any atom is 0.416 e. The monoisotopic (exact) mass is 839 g/mol. The van der Waals surface area contributed by atoms with E-state index in [2.05, 4.69) is 46.6 Å². The first-order valence-electron chi connectivity index (χ1n) is 18.8. The van der Waals surface area contributed by atoms with Crippen molar-refractivity contribution in [1.82, 2.24) is 39.0 Å². The second kappa shape index (κ2) is 18.1. The minimum absolute atomic E-state index is 0.329. The van der Waals surface area contributed by atoms with Crippen LogP contribution in [0.1, 0.15) is 35.0 Å². The summed E-state index contributed by atoms with van der Waals surface area (Å²) in [5, 5.41) is 16.5. The van der Waals surface area contributed by atoms with E-state index < -0.39 is 11.7 Å². The largest absolute Gasteiger partial charge is 0.494 e. The second-order valence-electron chi connectivity index (χ2n) is 13.6. The third-order valence-electron chi connectivity index (χ3n) is 9.32. The zero-order valence-electron chi connectivity index (χ0n) is 33.3. The van der Waals surface area contributed by atoms with Crippen molar-refractivity contribution < 1.29 is 17.9 Å². The maximum atomic E-state index is 12.9. The van der Waals surface area contributed by atoms with Crippen molar-refractivity contribution in [3.63, 3.8) is 0 Å². The molecule has 4 aromatic heterocycles. The molecule has 12 nitrogen and oxygen atoms in total. The Morgan fingerprint density at radius 2 is 1.34 bits per heavy atom. The molecular weight excluding hydrogens is 803 g/mol. The molecule has 2 N–H and O–H groups in total. The van der Waals surface area contributed by atoms with Gasteiger partial charge < -0.3 is 24.5 Å². The van der Waals surface area contributed by atoms with Gasteiger partial charge in [0.1, 0.15) is 11.8 Å². The third-order valence-corrected chi connectivity index (χ3v) is 9.57. The van der Waals surface area contributed by atoms with Gasteiger partial charge in [0, 0.05) is 58.4 Å². The Labute approximate surface area is 354 Å². The van der Waals surface area contributed by atoms with Gasteiger partial charge in [0.15, 0.2) is 0 Å². The number of imidazole rings is 2. The fourth-order valence-electron chi connectivity index (χ4n) is 6.25. The van der Waals surface area contributed by atoms with Crippen molar-refractivity contribution in [2.45, 2.75) is 33.4 Å². The molecule has 16 heteroatoms. The number of halogens is 4. The first-order chi connectivity index (χ1) is 29.4. The summed E-state index contributed by atoms with van der Waals surface area (Å²) in [7, 11) is 1.58. The van der Waals surface area contributed by atoms with E-state index in [1.165, 1.54) is 12.1 Å². The average molecular weight is 840 g/mol. The van der Waals surface area contributed by atoms with Crippen LogP contribution < -0.4 is 15.4 Å². The summed E-state index contributed by atoms with van der Waals surface area (Å²) in [5.74, 6) is 1.41. The highest BCUT2D eigenvalue weighted by Gasteiger charge is 2.30. The van der Waals surface area contributed by atoms with Gasteiger partial charge in [0.2, 0.25) is 11.9 Å². The van der Waals surface area contributed by atoms with Crippen molar-refractivity contribution in [3.8, 4) is 45.7 Å². The van der Waals surface area contributed by atoms with Gasteiger partial charge in [-0.2, -0.15) is 18.4 Å². The number of nitriles is 1. The summed E-state index contributed by atoms with van der Waals surface area (Å²) in [4.78, 5) is 26.2. The predicted octanol–water partition coefficient (Wildman–Crippen LogP) is 10.9. The number of hydrogen-bond acceptors (Lipinski definition) is 10. The van der Waals surface area contributed by atoms with Crippen molar-refractivity contribution in [2.75, 3.05) is 17.7 Å². The Hall–Kier alpha value is -7.57. The Morgan fingerprint density at radius 1 is 0.738 bits per heavy atom. The van der Waals surface area contributed by atoms with Crippen LogP contribution in [-0.4, -0.2) is 46.1 Å². The quantitative estimate of drug-likeness (QED) is 0.136. The topological polar surface area (TPSA) is 144 Å². The van der Waals surface area contributed by atoms with Gasteiger partial charge >= 0.3 is 6.18 Å². The van der Waals surface area contributed by atoms with Crippen LogP contribution in [-0.2, 0) is 12.6 Å². The molecule has 0 saturated heterocycles. The molecule has 0 bridgehead atoms. The maximum absolute atomic E-state index is 12.9. The molecule has 4 aromatic carbocycles. The molecule has 0 radical (unpaired) electrons. The molecule has 0 aliphatic carbocycles. The molecule has 0 amide bonds. The number of aryl methyl sites for hydroxylation is 3. The molecule has 0 spiro atoms. The number of benzene rings is 4. The van der Waals surface area contributed by atoms with Crippen molar-refractivity contribution in [2.24, 2.45) is 0 Å². The number of anilines is 4. The Balaban J connectivity index is 0.000000186. The highest BCUT2D eigenvalue weighted by molar-refractivity contribution is 6.30. The summed E-state index contributed by atoms with van der Waals surface area (Å²) in [6.07, 6.45) is 6.81. The summed E-state index contributed by atoms with van der Waals surface area (Å²) < 4.78 is 48.0. The smallest absolute Gasteiger partial charge is 0.416 e. The lowest BCUT2D eigenvalue weighted by Crippen LogP contribution is -2.05. The molecule has 4 heterocycles. The fraction of sp³-hybridized carbons (Fsp3) is 0.133. The van der Waals surface area contributed by atoms with Gasteiger partial charge in [0.05, 0.1) is 65.0 Å². The Kier molecular flexibility index (Phi) is 12.4. The molecule has 0 fully saturated rings. The van der Waals surface area contributed by atoms with Gasteiger partial charge in [-0.25, -0.2) is 29.9 Å². The molecule has 8 aromatic rings. The van der Waals surface area contributed by atoms with Crippen LogP contribution in [0.4, 0.5) is 36.4 Å². The number of nitrogens with one attached hydrogen (secondary N) is 2. The van der Waals surface area contributed by atoms with Crippen LogP contribution in [0.15, 0.2) is 128 Å². The lowest BCUT2D eigenvalue weighted by Gasteiger charge is -2.14. The van der Waals surface area contributed by atoms with Gasteiger partial charge in [-0.15, -0.1) is 0 Å². The van der Waals surface area contributed by atoms with Crippen LogP contribution in [0.3, 0.4) is 0 Å². The van der Waals surface area contributed by atoms with Crippen LogP contribution in [0.25, 0.3) is 33.9 Å². The van der Waals surface area contributed by atoms with E-state index in [-0.39, 0.29) is 0 Å². The molecule has 0 aliphatic heterocycles. The molecule has 8 rings (SSSR count). The van der Waals surface area contributed by atoms with Gasteiger partial charge in [-0.1, -0.05) is 42.8 Å². The van der Waals surface area contributed by atoms with Gasteiger partial charge in [-0.3, -0.25) is 0 Å².